The van der Waals surface area contributed by atoms with Gasteiger partial charge < -0.3 is 23.0 Å². The molecule has 84 heavy (non-hydrogen) atoms. The first kappa shape index (κ1) is 45.7. The monoisotopic (exact) mass is 1070 g/mol. The lowest BCUT2D eigenvalue weighted by molar-refractivity contribution is 0.433. The summed E-state index contributed by atoms with van der Waals surface area (Å²) in [5.74, 6) is 1.28. The van der Waals surface area contributed by atoms with Gasteiger partial charge in [0.2, 0.25) is 0 Å². The van der Waals surface area contributed by atoms with Gasteiger partial charge in [-0.25, -0.2) is 0 Å². The Bertz CT molecular complexity index is 5620. The van der Waals surface area contributed by atoms with Crippen LogP contribution in [0.2, 0.25) is 0 Å². The van der Waals surface area contributed by atoms with Crippen molar-refractivity contribution in [2.24, 2.45) is 0 Å². The zero-order valence-electron chi connectivity index (χ0n) is 44.3. The van der Waals surface area contributed by atoms with Crippen LogP contribution >= 0.6 is 0 Å². The molecule has 16 aromatic rings. The Kier molecular flexibility index (Phi) is 9.11. The molecular formula is C73H38N10O. The SMILES string of the molecule is N#Cc1ccc2c(c1)c1cc(C#N)ccc1n2-c1cnc2c(c1)C1(c3cc(-n4c5ccccc5c5ccccc54)cnc3-2)c2cccc(-n3c4ccccc4c4cc(C#N)ccc43)c2Oc2c(-n3c4ccccc4c4ccncc43)cccc21. The van der Waals surface area contributed by atoms with Crippen LogP contribution in [0.15, 0.2) is 231 Å². The summed E-state index contributed by atoms with van der Waals surface area (Å²) in [4.78, 5) is 15.9. The molecule has 0 N–H and O–H groups in total. The molecule has 11 heteroatoms. The fraction of sp³-hybridized carbons (Fsp3) is 0.0137. The molecule has 1 unspecified atom stereocenters. The number of nitrogens with zero attached hydrogens (tertiary/aromatic N) is 10. The van der Waals surface area contributed by atoms with Crippen LogP contribution in [-0.2, 0) is 5.41 Å². The van der Waals surface area contributed by atoms with Gasteiger partial charge in [0.15, 0.2) is 11.5 Å². The van der Waals surface area contributed by atoms with Crippen LogP contribution in [0.4, 0.5) is 0 Å². The van der Waals surface area contributed by atoms with Gasteiger partial charge in [-0.15, -0.1) is 0 Å². The second-order valence-electron chi connectivity index (χ2n) is 21.7. The normalized spacial score (nSPS) is 14.1. The highest BCUT2D eigenvalue weighted by Crippen LogP contribution is 2.64. The summed E-state index contributed by atoms with van der Waals surface area (Å²) >= 11 is 0. The van der Waals surface area contributed by atoms with Gasteiger partial charge in [0, 0.05) is 71.5 Å². The third kappa shape index (κ3) is 5.86. The molecule has 1 atom stereocenters. The van der Waals surface area contributed by atoms with Crippen LogP contribution in [0.5, 0.6) is 11.5 Å². The molecule has 7 aromatic heterocycles. The molecular weight excluding hydrogens is 1030 g/mol. The van der Waals surface area contributed by atoms with E-state index in [0.717, 1.165) is 144 Å². The quantitative estimate of drug-likeness (QED) is 0.171. The molecule has 1 aliphatic carbocycles. The average molecular weight is 1070 g/mol. The number of pyridine rings is 3. The second kappa shape index (κ2) is 16.7. The Hall–Kier alpha value is -12.1. The van der Waals surface area contributed by atoms with E-state index < -0.39 is 5.41 Å². The van der Waals surface area contributed by atoms with E-state index in [1.165, 1.54) is 0 Å². The number of hydrogen-bond acceptors (Lipinski definition) is 7. The Morgan fingerprint density at radius 3 is 1.18 bits per heavy atom. The topological polar surface area (TPSA) is 139 Å². The summed E-state index contributed by atoms with van der Waals surface area (Å²) in [7, 11) is 0. The Morgan fingerprint density at radius 2 is 0.714 bits per heavy atom. The largest absolute Gasteiger partial charge is 0.452 e. The van der Waals surface area contributed by atoms with E-state index >= 15 is 0 Å². The maximum atomic E-state index is 10.3. The van der Waals surface area contributed by atoms with Crippen molar-refractivity contribution in [3.8, 4) is 63.8 Å². The Morgan fingerprint density at radius 1 is 0.333 bits per heavy atom. The molecule has 0 saturated carbocycles. The molecule has 1 aliphatic heterocycles. The van der Waals surface area contributed by atoms with E-state index in [1.807, 2.05) is 85.5 Å². The third-order valence-electron chi connectivity index (χ3n) is 17.7. The third-order valence-corrected chi connectivity index (χ3v) is 17.7. The number of fused-ring (bicyclic) bond motifs is 21. The van der Waals surface area contributed by atoms with Gasteiger partial charge in [-0.2, -0.15) is 15.8 Å². The van der Waals surface area contributed by atoms with Crippen molar-refractivity contribution < 1.29 is 4.74 Å². The Balaban J connectivity index is 1.02. The predicted molar refractivity (Wildman–Crippen MR) is 329 cm³/mol. The maximum absolute atomic E-state index is 10.3. The molecule has 386 valence electrons. The number of aromatic nitrogens is 7. The fourth-order valence-electron chi connectivity index (χ4n) is 14.3. The highest BCUT2D eigenvalue weighted by Gasteiger charge is 2.54. The molecule has 0 fully saturated rings. The standard InChI is InChI=1S/C73H38N10O/c74-36-42-25-28-65-52(31-42)50-14-4-8-20-62(50)82(65)66-21-9-15-55-71(66)84-72-56(16-10-22-67(72)83-61-19-7-3-13-49(61)51-29-30-77-41-68(51)83)73(55)57-34-45(80-59-17-5-1-11-47(59)48-12-2-6-18-60(48)80)39-78-69(57)70-58(73)35-46(40-79-70)81-63-26-23-43(37-75)32-53(63)54-33-44(38-76)24-27-64(54)81/h1-35,39-41H. The summed E-state index contributed by atoms with van der Waals surface area (Å²) in [6, 6.07) is 78.0. The van der Waals surface area contributed by atoms with Crippen molar-refractivity contribution in [3.63, 3.8) is 0 Å². The van der Waals surface area contributed by atoms with E-state index in [1.54, 1.807) is 0 Å². The second-order valence-corrected chi connectivity index (χ2v) is 21.7. The number of rotatable bonds is 4. The van der Waals surface area contributed by atoms with Crippen molar-refractivity contribution in [1.82, 2.24) is 33.2 Å². The van der Waals surface area contributed by atoms with E-state index in [9.17, 15) is 15.8 Å². The van der Waals surface area contributed by atoms with Gasteiger partial charge in [0.1, 0.15) is 0 Å². The summed E-state index contributed by atoms with van der Waals surface area (Å²) in [6.07, 6.45) is 7.69. The lowest BCUT2D eigenvalue weighted by atomic mass is 9.66. The Labute approximate surface area is 477 Å². The van der Waals surface area contributed by atoms with Crippen molar-refractivity contribution >= 4 is 87.2 Å². The van der Waals surface area contributed by atoms with Gasteiger partial charge in [-0.3, -0.25) is 15.0 Å². The molecule has 9 aromatic carbocycles. The smallest absolute Gasteiger partial charge is 0.156 e. The van der Waals surface area contributed by atoms with Crippen molar-refractivity contribution in [2.45, 2.75) is 5.41 Å². The van der Waals surface area contributed by atoms with Crippen LogP contribution in [-0.4, -0.2) is 33.2 Å². The number of hydrogen-bond donors (Lipinski definition) is 0. The lowest BCUT2D eigenvalue weighted by Crippen LogP contribution is -2.33. The van der Waals surface area contributed by atoms with E-state index in [2.05, 4.69) is 182 Å². The van der Waals surface area contributed by atoms with Crippen LogP contribution < -0.4 is 4.74 Å². The molecule has 1 spiro atoms. The highest BCUT2D eigenvalue weighted by atomic mass is 16.5. The van der Waals surface area contributed by atoms with Gasteiger partial charge in [-0.1, -0.05) is 97.1 Å². The zero-order valence-corrected chi connectivity index (χ0v) is 44.3. The number of para-hydroxylation sites is 6. The van der Waals surface area contributed by atoms with Crippen molar-refractivity contribution in [2.75, 3.05) is 0 Å². The van der Waals surface area contributed by atoms with Crippen LogP contribution in [0.1, 0.15) is 38.9 Å². The minimum absolute atomic E-state index is 0.519. The summed E-state index contributed by atoms with van der Waals surface area (Å²) in [6.45, 7) is 0. The number of ether oxygens (including phenoxy) is 1. The van der Waals surface area contributed by atoms with Gasteiger partial charge in [-0.05, 0) is 109 Å². The maximum Gasteiger partial charge on any atom is 0.156 e. The highest BCUT2D eigenvalue weighted by molar-refractivity contribution is 6.13. The molecule has 18 rings (SSSR count). The first-order valence-electron chi connectivity index (χ1n) is 27.6. The summed E-state index contributed by atoms with van der Waals surface area (Å²) in [5, 5.41) is 38.7. The first-order chi connectivity index (χ1) is 41.5. The van der Waals surface area contributed by atoms with E-state index in [0.29, 0.717) is 28.2 Å². The van der Waals surface area contributed by atoms with E-state index in [-0.39, 0.29) is 0 Å². The molecule has 8 heterocycles. The first-order valence-corrected chi connectivity index (χ1v) is 27.6. The molecule has 0 amide bonds. The lowest BCUT2D eigenvalue weighted by Gasteiger charge is -2.40. The molecule has 0 bridgehead atoms. The number of benzene rings is 9. The fourth-order valence-corrected chi connectivity index (χ4v) is 14.3. The summed E-state index contributed by atoms with van der Waals surface area (Å²) < 4.78 is 17.0. The molecule has 2 aliphatic rings. The van der Waals surface area contributed by atoms with Crippen molar-refractivity contribution in [1.29, 1.82) is 15.8 Å². The van der Waals surface area contributed by atoms with Crippen LogP contribution in [0.3, 0.4) is 0 Å². The molecule has 11 nitrogen and oxygen atoms in total. The van der Waals surface area contributed by atoms with Gasteiger partial charge >= 0.3 is 0 Å². The molecule has 0 radical (unpaired) electrons. The van der Waals surface area contributed by atoms with Gasteiger partial charge in [0.05, 0.1) is 137 Å². The minimum atomic E-state index is -1.19. The van der Waals surface area contributed by atoms with Crippen molar-refractivity contribution in [3.05, 3.63) is 270 Å². The van der Waals surface area contributed by atoms with Crippen LogP contribution in [0.25, 0.3) is 121 Å². The molecule has 0 saturated heterocycles. The van der Waals surface area contributed by atoms with Crippen LogP contribution in [0, 0.1) is 34.0 Å². The summed E-state index contributed by atoms with van der Waals surface area (Å²) in [5.41, 5.74) is 16.4. The predicted octanol–water partition coefficient (Wildman–Crippen LogP) is 16.3. The van der Waals surface area contributed by atoms with E-state index in [4.69, 9.17) is 19.7 Å². The zero-order chi connectivity index (χ0) is 55.5. The average Bonchev–Trinajstić information content (AvgIpc) is 1.45. The minimum Gasteiger partial charge on any atom is -0.452 e. The van der Waals surface area contributed by atoms with Gasteiger partial charge in [0.25, 0.3) is 0 Å². The number of nitriles is 3.